The van der Waals surface area contributed by atoms with Gasteiger partial charge in [-0.2, -0.15) is 14.9 Å². The van der Waals surface area contributed by atoms with Crippen LogP contribution in [0.4, 0.5) is 10.1 Å². The minimum Gasteiger partial charge on any atom is -0.258 e. The van der Waals surface area contributed by atoms with Crippen molar-refractivity contribution in [3.8, 4) is 11.4 Å². The van der Waals surface area contributed by atoms with Crippen LogP contribution in [0, 0.1) is 20.7 Å². The maximum atomic E-state index is 13.9. The van der Waals surface area contributed by atoms with Gasteiger partial charge in [0.1, 0.15) is 5.82 Å². The molecule has 0 bridgehead atoms. The minimum atomic E-state index is -0.483. The average molecular weight is 343 g/mol. The summed E-state index contributed by atoms with van der Waals surface area (Å²) in [6.45, 7) is 0. The Bertz CT molecular complexity index is 978. The van der Waals surface area contributed by atoms with Crippen molar-refractivity contribution in [2.45, 2.75) is 0 Å². The highest BCUT2D eigenvalue weighted by atomic mass is 32.1. The molecule has 0 saturated carbocycles. The molecule has 0 aliphatic carbocycles. The minimum absolute atomic E-state index is 0.0147. The molecular formula is C15H10FN5O2S. The van der Waals surface area contributed by atoms with Crippen molar-refractivity contribution >= 4 is 24.1 Å². The predicted molar refractivity (Wildman–Crippen MR) is 88.9 cm³/mol. The molecule has 0 unspecified atom stereocenters. The van der Waals surface area contributed by atoms with Crippen molar-refractivity contribution in [3.05, 3.63) is 74.8 Å². The molecule has 0 aliphatic heterocycles. The molecule has 2 aromatic carbocycles. The molecule has 0 saturated heterocycles. The van der Waals surface area contributed by atoms with E-state index in [4.69, 9.17) is 12.2 Å². The van der Waals surface area contributed by atoms with E-state index in [2.05, 4.69) is 15.3 Å². The first-order valence-corrected chi connectivity index (χ1v) is 7.18. The first-order valence-electron chi connectivity index (χ1n) is 6.77. The molecular weight excluding hydrogens is 333 g/mol. The summed E-state index contributed by atoms with van der Waals surface area (Å²) in [5.74, 6) is -0.213. The summed E-state index contributed by atoms with van der Waals surface area (Å²) in [5.41, 5.74) is 0.869. The Morgan fingerprint density at radius 2 is 1.96 bits per heavy atom. The highest BCUT2D eigenvalue weighted by Gasteiger charge is 2.12. The van der Waals surface area contributed by atoms with Crippen LogP contribution in [0.25, 0.3) is 11.4 Å². The van der Waals surface area contributed by atoms with E-state index in [1.54, 1.807) is 30.3 Å². The fraction of sp³-hybridized carbons (Fsp3) is 0. The van der Waals surface area contributed by atoms with E-state index in [-0.39, 0.29) is 21.8 Å². The van der Waals surface area contributed by atoms with E-state index in [0.29, 0.717) is 5.56 Å². The van der Waals surface area contributed by atoms with Crippen LogP contribution in [0.1, 0.15) is 5.56 Å². The first-order chi connectivity index (χ1) is 11.6. The monoisotopic (exact) mass is 343 g/mol. The lowest BCUT2D eigenvalue weighted by molar-refractivity contribution is -0.384. The number of aromatic nitrogens is 3. The van der Waals surface area contributed by atoms with E-state index in [0.717, 1.165) is 0 Å². The van der Waals surface area contributed by atoms with Gasteiger partial charge in [-0.1, -0.05) is 12.1 Å². The highest BCUT2D eigenvalue weighted by Crippen LogP contribution is 2.20. The molecule has 1 N–H and O–H groups in total. The number of aromatic amines is 1. The second kappa shape index (κ2) is 6.50. The van der Waals surface area contributed by atoms with Crippen molar-refractivity contribution in [2.75, 3.05) is 0 Å². The summed E-state index contributed by atoms with van der Waals surface area (Å²) in [6.07, 6.45) is 1.46. The van der Waals surface area contributed by atoms with Crippen LogP contribution in [0.15, 0.2) is 53.6 Å². The number of nitro benzene ring substituents is 1. The summed E-state index contributed by atoms with van der Waals surface area (Å²) in [6, 6.07) is 12.0. The van der Waals surface area contributed by atoms with E-state index >= 15 is 0 Å². The zero-order chi connectivity index (χ0) is 17.1. The van der Waals surface area contributed by atoms with Gasteiger partial charge < -0.3 is 0 Å². The molecule has 0 radical (unpaired) electrons. The van der Waals surface area contributed by atoms with Gasteiger partial charge in [-0.3, -0.25) is 10.1 Å². The van der Waals surface area contributed by atoms with Gasteiger partial charge in [-0.05, 0) is 42.0 Å². The van der Waals surface area contributed by atoms with Gasteiger partial charge in [-0.15, -0.1) is 0 Å². The topological polar surface area (TPSA) is 89.1 Å². The van der Waals surface area contributed by atoms with E-state index in [1.807, 2.05) is 0 Å². The Morgan fingerprint density at radius 1 is 1.25 bits per heavy atom. The molecule has 0 fully saturated rings. The fourth-order valence-corrected chi connectivity index (χ4v) is 2.20. The maximum absolute atomic E-state index is 13.9. The molecule has 3 rings (SSSR count). The first kappa shape index (κ1) is 15.7. The van der Waals surface area contributed by atoms with Gasteiger partial charge in [0.15, 0.2) is 5.82 Å². The Labute approximate surface area is 140 Å². The average Bonchev–Trinajstić information content (AvgIpc) is 2.94. The lowest BCUT2D eigenvalue weighted by Gasteiger charge is -2.02. The number of hydrogen-bond acceptors (Lipinski definition) is 5. The molecule has 0 spiro atoms. The molecule has 0 aliphatic rings. The number of nitro groups is 1. The van der Waals surface area contributed by atoms with Crippen LogP contribution in [0.2, 0.25) is 0 Å². The normalized spacial score (nSPS) is 11.0. The number of benzene rings is 2. The third-order valence-corrected chi connectivity index (χ3v) is 3.46. The molecule has 24 heavy (non-hydrogen) atoms. The maximum Gasteiger partial charge on any atom is 0.269 e. The van der Waals surface area contributed by atoms with Gasteiger partial charge in [0.05, 0.1) is 16.7 Å². The summed E-state index contributed by atoms with van der Waals surface area (Å²) in [4.78, 5) is 10.2. The second-order valence-corrected chi connectivity index (χ2v) is 5.12. The highest BCUT2D eigenvalue weighted by molar-refractivity contribution is 7.71. The van der Waals surface area contributed by atoms with Crippen LogP contribution in [0.5, 0.6) is 0 Å². The molecule has 0 atom stereocenters. The molecule has 120 valence electrons. The standard InChI is InChI=1S/C15H10FN5O2S/c16-13-4-2-1-3-12(13)14-18-19-15(24)20(14)17-9-10-5-7-11(8-6-10)21(22)23/h1-9H,(H,19,24). The number of halogens is 1. The van der Waals surface area contributed by atoms with Gasteiger partial charge >= 0.3 is 0 Å². The number of H-pyrrole nitrogens is 1. The zero-order valence-electron chi connectivity index (χ0n) is 12.1. The van der Waals surface area contributed by atoms with Crippen LogP contribution in [-0.4, -0.2) is 26.0 Å². The Balaban J connectivity index is 1.96. The predicted octanol–water partition coefficient (Wildman–Crippen LogP) is 3.54. The van der Waals surface area contributed by atoms with Crippen molar-refractivity contribution in [3.63, 3.8) is 0 Å². The van der Waals surface area contributed by atoms with E-state index in [9.17, 15) is 14.5 Å². The molecule has 1 aromatic heterocycles. The van der Waals surface area contributed by atoms with E-state index < -0.39 is 10.7 Å². The van der Waals surface area contributed by atoms with Crippen molar-refractivity contribution in [1.82, 2.24) is 14.9 Å². The fourth-order valence-electron chi connectivity index (χ4n) is 2.02. The molecule has 1 heterocycles. The summed E-state index contributed by atoms with van der Waals surface area (Å²) >= 11 is 5.11. The molecule has 7 nitrogen and oxygen atoms in total. The Hall–Kier alpha value is -3.20. The summed E-state index contributed by atoms with van der Waals surface area (Å²) in [7, 11) is 0. The van der Waals surface area contributed by atoms with Crippen LogP contribution < -0.4 is 0 Å². The Kier molecular flexibility index (Phi) is 4.25. The lowest BCUT2D eigenvalue weighted by atomic mass is 10.2. The zero-order valence-corrected chi connectivity index (χ0v) is 12.9. The van der Waals surface area contributed by atoms with Gasteiger partial charge in [0.2, 0.25) is 4.77 Å². The quantitative estimate of drug-likeness (QED) is 0.340. The van der Waals surface area contributed by atoms with Gasteiger partial charge in [-0.25, -0.2) is 9.49 Å². The second-order valence-electron chi connectivity index (χ2n) is 4.74. The van der Waals surface area contributed by atoms with Crippen LogP contribution in [0.3, 0.4) is 0 Å². The summed E-state index contributed by atoms with van der Waals surface area (Å²) < 4.78 is 15.4. The van der Waals surface area contributed by atoms with Gasteiger partial charge in [0.25, 0.3) is 5.69 Å². The van der Waals surface area contributed by atoms with Crippen molar-refractivity contribution < 1.29 is 9.31 Å². The number of non-ortho nitro benzene ring substituents is 1. The third-order valence-electron chi connectivity index (χ3n) is 3.19. The lowest BCUT2D eigenvalue weighted by Crippen LogP contribution is -1.97. The van der Waals surface area contributed by atoms with Crippen LogP contribution in [-0.2, 0) is 0 Å². The summed E-state index contributed by atoms with van der Waals surface area (Å²) in [5, 5.41) is 21.4. The van der Waals surface area contributed by atoms with Crippen molar-refractivity contribution in [1.29, 1.82) is 0 Å². The number of hydrogen-bond donors (Lipinski definition) is 1. The van der Waals surface area contributed by atoms with E-state index in [1.165, 1.54) is 29.1 Å². The van der Waals surface area contributed by atoms with Gasteiger partial charge in [0, 0.05) is 12.1 Å². The third kappa shape index (κ3) is 3.10. The molecule has 3 aromatic rings. The SMILES string of the molecule is O=[N+]([O-])c1ccc(C=Nn2c(-c3ccccc3F)n[nH]c2=S)cc1. The number of nitrogens with one attached hydrogen (secondary N) is 1. The van der Waals surface area contributed by atoms with Crippen LogP contribution >= 0.6 is 12.2 Å². The number of rotatable bonds is 4. The molecule has 9 heteroatoms. The number of nitrogens with zero attached hydrogens (tertiary/aromatic N) is 4. The smallest absolute Gasteiger partial charge is 0.258 e. The van der Waals surface area contributed by atoms with Crippen molar-refractivity contribution in [2.24, 2.45) is 5.10 Å². The largest absolute Gasteiger partial charge is 0.269 e. The Morgan fingerprint density at radius 3 is 2.62 bits per heavy atom. The molecule has 0 amide bonds.